The van der Waals surface area contributed by atoms with E-state index in [1.165, 1.54) is 11.0 Å². The Hall–Kier alpha value is -2.35. The first-order valence-electron chi connectivity index (χ1n) is 6.51. The molecule has 0 fully saturated rings. The molecule has 0 N–H and O–H groups in total. The predicted octanol–water partition coefficient (Wildman–Crippen LogP) is 1.41. The summed E-state index contributed by atoms with van der Waals surface area (Å²) in [6, 6.07) is 10.4. The number of anilines is 2. The van der Waals surface area contributed by atoms with E-state index in [1.807, 2.05) is 6.07 Å². The third-order valence-electron chi connectivity index (χ3n) is 3.07. The van der Waals surface area contributed by atoms with Crippen LogP contribution in [-0.4, -0.2) is 39.3 Å². The van der Waals surface area contributed by atoms with Crippen molar-refractivity contribution in [3.63, 3.8) is 0 Å². The van der Waals surface area contributed by atoms with Gasteiger partial charge in [0.05, 0.1) is 6.26 Å². The number of nitrogens with zero attached hydrogens (tertiary/aromatic N) is 3. The molecule has 0 radical (unpaired) electrons. The highest BCUT2D eigenvalue weighted by Gasteiger charge is 2.25. The van der Waals surface area contributed by atoms with Crippen molar-refractivity contribution in [3.05, 3.63) is 42.2 Å². The molecule has 0 bridgehead atoms. The Morgan fingerprint density at radius 1 is 1.27 bits per heavy atom. The number of benzene rings is 1. The Kier molecular flexibility index (Phi) is 4.51. The quantitative estimate of drug-likeness (QED) is 0.831. The van der Waals surface area contributed by atoms with Crippen molar-refractivity contribution >= 4 is 27.4 Å². The van der Waals surface area contributed by atoms with Crippen molar-refractivity contribution in [2.45, 2.75) is 6.92 Å². The minimum Gasteiger partial charge on any atom is -0.360 e. The minimum absolute atomic E-state index is 0.0924. The molecule has 0 aliphatic rings. The molecule has 0 spiro atoms. The van der Waals surface area contributed by atoms with E-state index >= 15 is 0 Å². The number of hydrogen-bond acceptors (Lipinski definition) is 5. The Morgan fingerprint density at radius 2 is 1.91 bits per heavy atom. The lowest BCUT2D eigenvalue weighted by Gasteiger charge is -2.23. The number of sulfonamides is 1. The lowest BCUT2D eigenvalue weighted by molar-refractivity contribution is -0.116. The maximum absolute atomic E-state index is 12.3. The molecule has 1 amide bonds. The van der Waals surface area contributed by atoms with Crippen LogP contribution in [0.2, 0.25) is 0 Å². The van der Waals surface area contributed by atoms with E-state index in [0.29, 0.717) is 11.4 Å². The summed E-state index contributed by atoms with van der Waals surface area (Å²) in [5, 5.41) is 3.67. The van der Waals surface area contributed by atoms with E-state index in [4.69, 9.17) is 4.52 Å². The molecule has 0 unspecified atom stereocenters. The van der Waals surface area contributed by atoms with Gasteiger partial charge in [0, 0.05) is 18.8 Å². The zero-order chi connectivity index (χ0) is 16.3. The number of likely N-dealkylation sites (N-methyl/N-ethyl adjacent to an activating group) is 1. The number of carbonyl (C=O) groups excluding carboxylic acids is 1. The highest BCUT2D eigenvalue weighted by molar-refractivity contribution is 7.92. The van der Waals surface area contributed by atoms with Crippen molar-refractivity contribution in [1.29, 1.82) is 0 Å². The van der Waals surface area contributed by atoms with Crippen molar-refractivity contribution in [3.8, 4) is 0 Å². The standard InChI is InChI=1S/C14H17N3O4S/c1-11-9-13(15-21-11)17(22(3,19)20)10-14(18)16(2)12-7-5-4-6-8-12/h4-9H,10H2,1-3H3. The summed E-state index contributed by atoms with van der Waals surface area (Å²) in [6.07, 6.45) is 1.02. The van der Waals surface area contributed by atoms with Crippen molar-refractivity contribution in [2.24, 2.45) is 0 Å². The molecule has 2 rings (SSSR count). The zero-order valence-corrected chi connectivity index (χ0v) is 13.4. The summed E-state index contributed by atoms with van der Waals surface area (Å²) >= 11 is 0. The van der Waals surface area contributed by atoms with E-state index in [9.17, 15) is 13.2 Å². The van der Waals surface area contributed by atoms with Crippen LogP contribution in [0.5, 0.6) is 0 Å². The Balaban J connectivity index is 2.23. The lowest BCUT2D eigenvalue weighted by atomic mass is 10.3. The summed E-state index contributed by atoms with van der Waals surface area (Å²) < 4.78 is 29.6. The van der Waals surface area contributed by atoms with Gasteiger partial charge in [-0.2, -0.15) is 0 Å². The predicted molar refractivity (Wildman–Crippen MR) is 83.3 cm³/mol. The van der Waals surface area contributed by atoms with Gasteiger partial charge >= 0.3 is 0 Å². The van der Waals surface area contributed by atoms with Crippen LogP contribution in [0.4, 0.5) is 11.5 Å². The van der Waals surface area contributed by atoms with Crippen LogP contribution in [0.25, 0.3) is 0 Å². The summed E-state index contributed by atoms with van der Waals surface area (Å²) in [6.45, 7) is 1.30. The first-order valence-corrected chi connectivity index (χ1v) is 8.36. The van der Waals surface area contributed by atoms with E-state index in [-0.39, 0.29) is 18.3 Å². The van der Waals surface area contributed by atoms with Gasteiger partial charge in [0.1, 0.15) is 12.3 Å². The molecule has 0 aliphatic carbocycles. The van der Waals surface area contributed by atoms with Crippen LogP contribution in [0.15, 0.2) is 40.9 Å². The van der Waals surface area contributed by atoms with Gasteiger partial charge in [-0.25, -0.2) is 12.7 Å². The highest BCUT2D eigenvalue weighted by Crippen LogP contribution is 2.18. The fraction of sp³-hybridized carbons (Fsp3) is 0.286. The van der Waals surface area contributed by atoms with Gasteiger partial charge < -0.3 is 9.42 Å². The summed E-state index contributed by atoms with van der Waals surface area (Å²) in [5.41, 5.74) is 0.678. The van der Waals surface area contributed by atoms with E-state index in [2.05, 4.69) is 5.16 Å². The number of hydrogen-bond donors (Lipinski definition) is 0. The van der Waals surface area contributed by atoms with Gasteiger partial charge in [0.2, 0.25) is 15.9 Å². The monoisotopic (exact) mass is 323 g/mol. The Morgan fingerprint density at radius 3 is 2.41 bits per heavy atom. The molecule has 0 saturated carbocycles. The van der Waals surface area contributed by atoms with Crippen LogP contribution < -0.4 is 9.21 Å². The molecule has 0 saturated heterocycles. The van der Waals surface area contributed by atoms with Gasteiger partial charge in [-0.15, -0.1) is 0 Å². The second kappa shape index (κ2) is 6.18. The number of aryl methyl sites for hydroxylation is 1. The molecule has 0 aliphatic heterocycles. The maximum atomic E-state index is 12.3. The van der Waals surface area contributed by atoms with Crippen LogP contribution in [0.1, 0.15) is 5.76 Å². The zero-order valence-electron chi connectivity index (χ0n) is 12.6. The smallest absolute Gasteiger partial charge is 0.247 e. The summed E-state index contributed by atoms with van der Waals surface area (Å²) in [4.78, 5) is 13.7. The second-order valence-corrected chi connectivity index (χ2v) is 6.76. The number of rotatable bonds is 5. The number of amides is 1. The largest absolute Gasteiger partial charge is 0.360 e. The molecule has 1 aromatic carbocycles. The topological polar surface area (TPSA) is 83.7 Å². The van der Waals surface area contributed by atoms with Gasteiger partial charge in [0.25, 0.3) is 0 Å². The average Bonchev–Trinajstić information content (AvgIpc) is 2.89. The maximum Gasteiger partial charge on any atom is 0.247 e. The van der Waals surface area contributed by atoms with Gasteiger partial charge in [-0.05, 0) is 19.1 Å². The first-order chi connectivity index (χ1) is 10.3. The normalized spacial score (nSPS) is 11.2. The molecule has 2 aromatic rings. The molecular weight excluding hydrogens is 306 g/mol. The van der Waals surface area contributed by atoms with Crippen molar-refractivity contribution < 1.29 is 17.7 Å². The molecule has 22 heavy (non-hydrogen) atoms. The molecule has 0 atom stereocenters. The number of aromatic nitrogens is 1. The van der Waals surface area contributed by atoms with E-state index in [1.54, 1.807) is 38.2 Å². The lowest BCUT2D eigenvalue weighted by Crippen LogP contribution is -2.41. The van der Waals surface area contributed by atoms with Gasteiger partial charge in [-0.3, -0.25) is 4.79 Å². The van der Waals surface area contributed by atoms with E-state index in [0.717, 1.165) is 10.6 Å². The minimum atomic E-state index is -3.65. The summed E-state index contributed by atoms with van der Waals surface area (Å²) in [5.74, 6) is 0.180. The molecule has 1 heterocycles. The third kappa shape index (κ3) is 3.64. The van der Waals surface area contributed by atoms with Crippen molar-refractivity contribution in [1.82, 2.24) is 5.16 Å². The summed E-state index contributed by atoms with van der Waals surface area (Å²) in [7, 11) is -2.06. The number of carbonyl (C=O) groups is 1. The average molecular weight is 323 g/mol. The third-order valence-corrected chi connectivity index (χ3v) is 4.18. The molecule has 1 aromatic heterocycles. The van der Waals surface area contributed by atoms with Crippen LogP contribution in [-0.2, 0) is 14.8 Å². The second-order valence-electron chi connectivity index (χ2n) is 4.85. The first kappa shape index (κ1) is 16.0. The van der Waals surface area contributed by atoms with E-state index < -0.39 is 10.0 Å². The van der Waals surface area contributed by atoms with Crippen LogP contribution in [0, 0.1) is 6.92 Å². The molecule has 8 heteroatoms. The highest BCUT2D eigenvalue weighted by atomic mass is 32.2. The Bertz CT molecular complexity index is 755. The fourth-order valence-corrected chi connectivity index (χ4v) is 2.63. The van der Waals surface area contributed by atoms with Crippen LogP contribution >= 0.6 is 0 Å². The molecule has 7 nitrogen and oxygen atoms in total. The Labute approximate surface area is 129 Å². The van der Waals surface area contributed by atoms with Gasteiger partial charge in [-0.1, -0.05) is 23.4 Å². The number of para-hydroxylation sites is 1. The molecule has 118 valence electrons. The SMILES string of the molecule is Cc1cc(N(CC(=O)N(C)c2ccccc2)S(C)(=O)=O)no1. The molecular formula is C14H17N3O4S. The van der Waals surface area contributed by atoms with Crippen LogP contribution in [0.3, 0.4) is 0 Å². The van der Waals surface area contributed by atoms with Crippen molar-refractivity contribution in [2.75, 3.05) is 29.1 Å². The fourth-order valence-electron chi connectivity index (χ4n) is 1.86. The van der Waals surface area contributed by atoms with Gasteiger partial charge in [0.15, 0.2) is 5.82 Å².